The molecular formula is C30H21NO3. The van der Waals surface area contributed by atoms with Crippen LogP contribution in [0, 0.1) is 6.92 Å². The maximum Gasteiger partial charge on any atom is 0.210 e. The number of hydrogen-bond acceptors (Lipinski definition) is 3. The van der Waals surface area contributed by atoms with Crippen LogP contribution in [0.25, 0.3) is 5.52 Å². The first-order chi connectivity index (χ1) is 16.6. The van der Waals surface area contributed by atoms with Crippen molar-refractivity contribution >= 4 is 22.9 Å². The zero-order valence-corrected chi connectivity index (χ0v) is 18.6. The first-order valence-electron chi connectivity index (χ1n) is 11.0. The van der Waals surface area contributed by atoms with Crippen molar-refractivity contribution in [2.45, 2.75) is 6.92 Å². The second-order valence-electron chi connectivity index (χ2n) is 8.14. The summed E-state index contributed by atoms with van der Waals surface area (Å²) in [6.07, 6.45) is 1.75. The number of pyridine rings is 1. The molecule has 4 heteroatoms. The molecule has 0 bridgehead atoms. The van der Waals surface area contributed by atoms with Gasteiger partial charge in [0.25, 0.3) is 0 Å². The molecule has 5 rings (SSSR count). The molecule has 0 atom stereocenters. The van der Waals surface area contributed by atoms with Crippen LogP contribution < -0.4 is 0 Å². The van der Waals surface area contributed by atoms with Crippen molar-refractivity contribution in [2.75, 3.05) is 0 Å². The molecule has 0 aliphatic carbocycles. The third-order valence-electron chi connectivity index (χ3n) is 5.87. The molecule has 0 saturated carbocycles. The van der Waals surface area contributed by atoms with E-state index >= 15 is 0 Å². The summed E-state index contributed by atoms with van der Waals surface area (Å²) < 4.78 is 1.68. The summed E-state index contributed by atoms with van der Waals surface area (Å²) in [6.45, 7) is 1.92. The van der Waals surface area contributed by atoms with Gasteiger partial charge in [-0.3, -0.25) is 14.4 Å². The second-order valence-corrected chi connectivity index (χ2v) is 8.14. The average Bonchev–Trinajstić information content (AvgIpc) is 3.23. The van der Waals surface area contributed by atoms with Gasteiger partial charge in [0.05, 0.1) is 16.6 Å². The molecule has 0 fully saturated rings. The van der Waals surface area contributed by atoms with Crippen molar-refractivity contribution in [3.8, 4) is 0 Å². The molecule has 0 aliphatic rings. The fourth-order valence-electron chi connectivity index (χ4n) is 4.23. The number of fused-ring (bicyclic) bond motifs is 1. The Morgan fingerprint density at radius 2 is 1.00 bits per heavy atom. The fourth-order valence-corrected chi connectivity index (χ4v) is 4.23. The molecule has 0 aliphatic heterocycles. The largest absolute Gasteiger partial charge is 0.312 e. The first kappa shape index (κ1) is 21.3. The Balaban J connectivity index is 1.87. The molecule has 34 heavy (non-hydrogen) atoms. The smallest absolute Gasteiger partial charge is 0.210 e. The Morgan fingerprint density at radius 3 is 1.50 bits per heavy atom. The number of ketones is 3. The van der Waals surface area contributed by atoms with Crippen molar-refractivity contribution in [3.05, 3.63) is 148 Å². The highest BCUT2D eigenvalue weighted by atomic mass is 16.1. The third-order valence-corrected chi connectivity index (χ3v) is 5.87. The average molecular weight is 444 g/mol. The molecule has 0 unspecified atom stereocenters. The quantitative estimate of drug-likeness (QED) is 0.305. The molecule has 3 aromatic carbocycles. The Kier molecular flexibility index (Phi) is 5.48. The van der Waals surface area contributed by atoms with Crippen LogP contribution in [0.3, 0.4) is 0 Å². The van der Waals surface area contributed by atoms with E-state index in [0.717, 1.165) is 5.56 Å². The minimum Gasteiger partial charge on any atom is -0.312 e. The molecule has 5 aromatic rings. The summed E-state index contributed by atoms with van der Waals surface area (Å²) in [5, 5.41) is 0. The Hall–Kier alpha value is -4.57. The van der Waals surface area contributed by atoms with Gasteiger partial charge in [0.15, 0.2) is 11.6 Å². The molecule has 0 saturated heterocycles. The highest BCUT2D eigenvalue weighted by molar-refractivity contribution is 6.28. The molecule has 2 heterocycles. The summed E-state index contributed by atoms with van der Waals surface area (Å²) in [4.78, 5) is 41.5. The van der Waals surface area contributed by atoms with E-state index < -0.39 is 0 Å². The van der Waals surface area contributed by atoms with Crippen LogP contribution in [0.15, 0.2) is 109 Å². The van der Waals surface area contributed by atoms with Crippen molar-refractivity contribution < 1.29 is 14.4 Å². The van der Waals surface area contributed by atoms with Gasteiger partial charge in [0.1, 0.15) is 5.69 Å². The van der Waals surface area contributed by atoms with Gasteiger partial charge in [-0.15, -0.1) is 0 Å². The van der Waals surface area contributed by atoms with Crippen LogP contribution in [-0.2, 0) is 0 Å². The van der Waals surface area contributed by atoms with Crippen LogP contribution in [0.4, 0.5) is 0 Å². The predicted octanol–water partition coefficient (Wildman–Crippen LogP) is 5.94. The van der Waals surface area contributed by atoms with Crippen LogP contribution in [0.1, 0.15) is 53.5 Å². The van der Waals surface area contributed by atoms with Gasteiger partial charge < -0.3 is 4.40 Å². The minimum absolute atomic E-state index is 0.125. The van der Waals surface area contributed by atoms with E-state index in [1.54, 1.807) is 83.4 Å². The molecule has 0 amide bonds. The predicted molar refractivity (Wildman–Crippen MR) is 132 cm³/mol. The first-order valence-corrected chi connectivity index (χ1v) is 11.0. The van der Waals surface area contributed by atoms with Crippen LogP contribution in [0.2, 0.25) is 0 Å². The highest BCUT2D eigenvalue weighted by Crippen LogP contribution is 2.31. The zero-order valence-electron chi connectivity index (χ0n) is 18.6. The number of aryl methyl sites for hydroxylation is 1. The molecular weight excluding hydrogens is 422 g/mol. The lowest BCUT2D eigenvalue weighted by molar-refractivity contribution is 0.0991. The summed E-state index contributed by atoms with van der Waals surface area (Å²) >= 11 is 0. The van der Waals surface area contributed by atoms with Crippen molar-refractivity contribution in [2.24, 2.45) is 0 Å². The molecule has 2 aromatic heterocycles. The monoisotopic (exact) mass is 443 g/mol. The van der Waals surface area contributed by atoms with Crippen LogP contribution >= 0.6 is 0 Å². The van der Waals surface area contributed by atoms with E-state index in [1.165, 1.54) is 0 Å². The zero-order chi connectivity index (χ0) is 23.7. The number of carbonyl (C=O) groups is 3. The van der Waals surface area contributed by atoms with E-state index in [0.29, 0.717) is 22.2 Å². The van der Waals surface area contributed by atoms with E-state index in [1.807, 2.05) is 37.3 Å². The van der Waals surface area contributed by atoms with E-state index in [4.69, 9.17) is 0 Å². The maximum atomic E-state index is 13.9. The van der Waals surface area contributed by atoms with Gasteiger partial charge in [-0.2, -0.15) is 0 Å². The normalized spacial score (nSPS) is 10.9. The van der Waals surface area contributed by atoms with E-state index in [-0.39, 0.29) is 34.2 Å². The van der Waals surface area contributed by atoms with Crippen LogP contribution in [0.5, 0.6) is 0 Å². The van der Waals surface area contributed by atoms with Gasteiger partial charge in [-0.05, 0) is 24.6 Å². The van der Waals surface area contributed by atoms with Gasteiger partial charge in [-0.25, -0.2) is 0 Å². The van der Waals surface area contributed by atoms with Crippen molar-refractivity contribution in [1.29, 1.82) is 0 Å². The Bertz CT molecular complexity index is 1530. The van der Waals surface area contributed by atoms with Gasteiger partial charge >= 0.3 is 0 Å². The molecule has 0 N–H and O–H groups in total. The Labute approximate surface area is 197 Å². The number of carbonyl (C=O) groups excluding carboxylic acids is 3. The van der Waals surface area contributed by atoms with E-state index in [2.05, 4.69) is 0 Å². The summed E-state index contributed by atoms with van der Waals surface area (Å²) in [5.41, 5.74) is 3.33. The van der Waals surface area contributed by atoms with E-state index in [9.17, 15) is 14.4 Å². The maximum absolute atomic E-state index is 13.9. The number of aromatic nitrogens is 1. The van der Waals surface area contributed by atoms with Crippen LogP contribution in [-0.4, -0.2) is 21.8 Å². The van der Waals surface area contributed by atoms with Crippen molar-refractivity contribution in [1.82, 2.24) is 4.40 Å². The third kappa shape index (κ3) is 3.65. The van der Waals surface area contributed by atoms with Gasteiger partial charge in [0.2, 0.25) is 5.78 Å². The second kappa shape index (κ2) is 8.75. The molecule has 0 radical (unpaired) electrons. The lowest BCUT2D eigenvalue weighted by Crippen LogP contribution is -2.15. The fraction of sp³-hybridized carbons (Fsp3) is 0.0333. The Morgan fingerprint density at radius 1 is 0.559 bits per heavy atom. The lowest BCUT2D eigenvalue weighted by atomic mass is 9.92. The number of hydrogen-bond donors (Lipinski definition) is 0. The minimum atomic E-state index is -0.361. The lowest BCUT2D eigenvalue weighted by Gasteiger charge is -2.08. The SMILES string of the molecule is Cc1ccn2c(C(=O)c3ccccc3)c(C(=O)c3ccccc3)c(C(=O)c3ccccc3)c2c1. The van der Waals surface area contributed by atoms with Gasteiger partial charge in [-0.1, -0.05) is 91.0 Å². The number of benzene rings is 3. The topological polar surface area (TPSA) is 55.6 Å². The summed E-state index contributed by atoms with van der Waals surface area (Å²) in [7, 11) is 0. The summed E-state index contributed by atoms with van der Waals surface area (Å²) in [6, 6.07) is 30.1. The number of nitrogens with zero attached hydrogens (tertiary/aromatic N) is 1. The van der Waals surface area contributed by atoms with Gasteiger partial charge in [0, 0.05) is 22.9 Å². The highest BCUT2D eigenvalue weighted by Gasteiger charge is 2.32. The molecule has 164 valence electrons. The molecule has 4 nitrogen and oxygen atoms in total. The van der Waals surface area contributed by atoms with Crippen molar-refractivity contribution in [3.63, 3.8) is 0 Å². The number of rotatable bonds is 6. The standard InChI is InChI=1S/C30H21NO3/c1-20-17-18-31-24(19-20)25(28(32)21-11-5-2-6-12-21)26(29(33)22-13-7-3-8-14-22)27(31)30(34)23-15-9-4-10-16-23/h2-19H,1H3. The molecule has 0 spiro atoms. The summed E-state index contributed by atoms with van der Waals surface area (Å²) in [5.74, 6) is -0.971.